The molecule has 3 aromatic rings. The van der Waals surface area contributed by atoms with Crippen LogP contribution in [-0.2, 0) is 11.3 Å². The molecule has 0 aliphatic rings. The lowest BCUT2D eigenvalue weighted by atomic mass is 10.1. The number of aryl methyl sites for hydroxylation is 1. The molecule has 136 valence electrons. The number of ether oxygens (including phenoxy) is 2. The molecule has 2 aromatic carbocycles. The largest absolute Gasteiger partial charge is 0.465 e. The van der Waals surface area contributed by atoms with E-state index in [2.05, 4.69) is 10.8 Å². The van der Waals surface area contributed by atoms with Gasteiger partial charge >= 0.3 is 5.97 Å². The third kappa shape index (κ3) is 3.93. The lowest BCUT2D eigenvalue weighted by Crippen LogP contribution is -2.05. The normalized spacial score (nSPS) is 10.3. The van der Waals surface area contributed by atoms with Crippen LogP contribution in [0.3, 0.4) is 0 Å². The van der Waals surface area contributed by atoms with E-state index in [0.717, 1.165) is 11.1 Å². The fraction of sp³-hybridized carbons (Fsp3) is 0.143. The summed E-state index contributed by atoms with van der Waals surface area (Å²) in [6.07, 6.45) is 0. The van der Waals surface area contributed by atoms with Crippen molar-refractivity contribution >= 4 is 11.7 Å². The van der Waals surface area contributed by atoms with Crippen molar-refractivity contribution in [2.24, 2.45) is 0 Å². The van der Waals surface area contributed by atoms with E-state index in [1.54, 1.807) is 34.9 Å². The number of esters is 1. The van der Waals surface area contributed by atoms with Crippen molar-refractivity contribution < 1.29 is 14.3 Å². The van der Waals surface area contributed by atoms with Crippen LogP contribution in [-0.4, -0.2) is 17.6 Å². The lowest BCUT2D eigenvalue weighted by Gasteiger charge is -2.13. The molecule has 0 aliphatic heterocycles. The summed E-state index contributed by atoms with van der Waals surface area (Å²) in [5.74, 6) is 0.469. The molecule has 27 heavy (non-hydrogen) atoms. The standard InChI is InChI=1S/C21H19N3O3/c1-14-4-3-5-15(10-14)13-24-17(12-22)11-19(23)20(24)27-18-8-6-16(7-9-18)21(25)26-2/h3-11H,13,23H2,1-2H3. The summed E-state index contributed by atoms with van der Waals surface area (Å²) < 4.78 is 12.3. The average Bonchev–Trinajstić information content (AvgIpc) is 2.97. The van der Waals surface area contributed by atoms with E-state index in [9.17, 15) is 10.1 Å². The molecule has 0 radical (unpaired) electrons. The maximum Gasteiger partial charge on any atom is 0.337 e. The van der Waals surface area contributed by atoms with Gasteiger partial charge in [-0.3, -0.25) is 4.57 Å². The lowest BCUT2D eigenvalue weighted by molar-refractivity contribution is 0.0600. The van der Waals surface area contributed by atoms with Gasteiger partial charge in [0.1, 0.15) is 17.5 Å². The van der Waals surface area contributed by atoms with E-state index in [0.29, 0.717) is 35.1 Å². The Hall–Kier alpha value is -3.72. The quantitative estimate of drug-likeness (QED) is 0.697. The second kappa shape index (κ2) is 7.67. The first kappa shape index (κ1) is 18.1. The number of carbonyl (C=O) groups excluding carboxylic acids is 1. The van der Waals surface area contributed by atoms with Gasteiger partial charge in [0.15, 0.2) is 0 Å². The van der Waals surface area contributed by atoms with Gasteiger partial charge in [0, 0.05) is 6.07 Å². The smallest absolute Gasteiger partial charge is 0.337 e. The molecule has 1 aromatic heterocycles. The number of methoxy groups -OCH3 is 1. The fourth-order valence-electron chi connectivity index (χ4n) is 2.80. The van der Waals surface area contributed by atoms with E-state index in [4.69, 9.17) is 10.5 Å². The molecule has 0 bridgehead atoms. The van der Waals surface area contributed by atoms with Gasteiger partial charge in [-0.25, -0.2) is 4.79 Å². The minimum atomic E-state index is -0.421. The third-order valence-electron chi connectivity index (χ3n) is 4.10. The summed E-state index contributed by atoms with van der Waals surface area (Å²) in [4.78, 5) is 11.5. The first-order valence-corrected chi connectivity index (χ1v) is 8.32. The number of carbonyl (C=O) groups is 1. The second-order valence-corrected chi connectivity index (χ2v) is 6.10. The maximum absolute atomic E-state index is 11.5. The van der Waals surface area contributed by atoms with E-state index in [1.165, 1.54) is 7.11 Å². The summed E-state index contributed by atoms with van der Waals surface area (Å²) in [7, 11) is 1.33. The molecular formula is C21H19N3O3. The predicted octanol–water partition coefficient (Wildman–Crippen LogP) is 3.88. The Morgan fingerprint density at radius 3 is 2.56 bits per heavy atom. The number of nitriles is 1. The highest BCUT2D eigenvalue weighted by Crippen LogP contribution is 2.32. The molecule has 6 heteroatoms. The summed E-state index contributed by atoms with van der Waals surface area (Å²) in [5, 5.41) is 9.45. The van der Waals surface area contributed by atoms with Crippen LogP contribution in [0.25, 0.3) is 0 Å². The maximum atomic E-state index is 11.5. The zero-order valence-electron chi connectivity index (χ0n) is 15.1. The first-order valence-electron chi connectivity index (χ1n) is 8.32. The number of nitrogens with two attached hydrogens (primary N) is 1. The molecule has 2 N–H and O–H groups in total. The highest BCUT2D eigenvalue weighted by Gasteiger charge is 2.16. The van der Waals surface area contributed by atoms with Crippen LogP contribution in [0.15, 0.2) is 54.6 Å². The number of anilines is 1. The van der Waals surface area contributed by atoms with Crippen molar-refractivity contribution in [3.05, 3.63) is 77.0 Å². The number of hydrogen-bond acceptors (Lipinski definition) is 5. The van der Waals surface area contributed by atoms with Crippen molar-refractivity contribution in [2.75, 3.05) is 12.8 Å². The van der Waals surface area contributed by atoms with Crippen molar-refractivity contribution in [3.8, 4) is 17.7 Å². The molecule has 0 aliphatic carbocycles. The number of nitrogen functional groups attached to an aromatic ring is 1. The Kier molecular flexibility index (Phi) is 5.13. The van der Waals surface area contributed by atoms with Gasteiger partial charge < -0.3 is 15.2 Å². The summed E-state index contributed by atoms with van der Waals surface area (Å²) >= 11 is 0. The number of nitrogens with zero attached hydrogens (tertiary/aromatic N) is 2. The van der Waals surface area contributed by atoms with Crippen molar-refractivity contribution in [1.29, 1.82) is 5.26 Å². The number of benzene rings is 2. The molecule has 0 unspecified atom stereocenters. The SMILES string of the molecule is COC(=O)c1ccc(Oc2c(N)cc(C#N)n2Cc2cccc(C)c2)cc1. The second-order valence-electron chi connectivity index (χ2n) is 6.10. The van der Waals surface area contributed by atoms with E-state index < -0.39 is 5.97 Å². The van der Waals surface area contributed by atoms with Crippen LogP contribution in [0, 0.1) is 18.3 Å². The van der Waals surface area contributed by atoms with Crippen LogP contribution in [0.2, 0.25) is 0 Å². The first-order chi connectivity index (χ1) is 13.0. The van der Waals surface area contributed by atoms with Gasteiger partial charge in [-0.15, -0.1) is 0 Å². The Labute approximate surface area is 157 Å². The van der Waals surface area contributed by atoms with Gasteiger partial charge in [0.2, 0.25) is 5.88 Å². The minimum absolute atomic E-state index is 0.372. The zero-order chi connectivity index (χ0) is 19.4. The molecule has 0 amide bonds. The highest BCUT2D eigenvalue weighted by atomic mass is 16.5. The number of rotatable bonds is 5. The summed E-state index contributed by atoms with van der Waals surface area (Å²) in [5.41, 5.74) is 9.45. The monoisotopic (exact) mass is 361 g/mol. The van der Waals surface area contributed by atoms with Gasteiger partial charge in [-0.1, -0.05) is 29.8 Å². The van der Waals surface area contributed by atoms with Gasteiger partial charge in [-0.2, -0.15) is 5.26 Å². The van der Waals surface area contributed by atoms with Crippen LogP contribution in [0.1, 0.15) is 27.2 Å². The number of aromatic nitrogens is 1. The highest BCUT2D eigenvalue weighted by molar-refractivity contribution is 5.89. The van der Waals surface area contributed by atoms with E-state index >= 15 is 0 Å². The molecule has 6 nitrogen and oxygen atoms in total. The molecule has 0 fully saturated rings. The summed E-state index contributed by atoms with van der Waals surface area (Å²) in [6.45, 7) is 2.47. The van der Waals surface area contributed by atoms with Gasteiger partial charge in [-0.05, 0) is 36.8 Å². The van der Waals surface area contributed by atoms with Crippen LogP contribution >= 0.6 is 0 Å². The number of hydrogen-bond donors (Lipinski definition) is 1. The molecule has 1 heterocycles. The van der Waals surface area contributed by atoms with Crippen LogP contribution < -0.4 is 10.5 Å². The topological polar surface area (TPSA) is 90.3 Å². The molecule has 0 atom stereocenters. The van der Waals surface area contributed by atoms with Crippen molar-refractivity contribution in [1.82, 2.24) is 4.57 Å². The predicted molar refractivity (Wildman–Crippen MR) is 102 cm³/mol. The third-order valence-corrected chi connectivity index (χ3v) is 4.10. The minimum Gasteiger partial charge on any atom is -0.465 e. The van der Waals surface area contributed by atoms with Gasteiger partial charge in [0.25, 0.3) is 0 Å². The Morgan fingerprint density at radius 2 is 1.93 bits per heavy atom. The molecule has 0 spiro atoms. The van der Waals surface area contributed by atoms with Crippen molar-refractivity contribution in [2.45, 2.75) is 13.5 Å². The summed E-state index contributed by atoms with van der Waals surface area (Å²) in [6, 6.07) is 18.3. The average molecular weight is 361 g/mol. The van der Waals surface area contributed by atoms with E-state index in [-0.39, 0.29) is 0 Å². The van der Waals surface area contributed by atoms with E-state index in [1.807, 2.05) is 31.2 Å². The Morgan fingerprint density at radius 1 is 1.19 bits per heavy atom. The van der Waals surface area contributed by atoms with Crippen LogP contribution in [0.4, 0.5) is 5.69 Å². The van der Waals surface area contributed by atoms with Gasteiger partial charge in [0.05, 0.1) is 24.9 Å². The van der Waals surface area contributed by atoms with Crippen LogP contribution in [0.5, 0.6) is 11.6 Å². The fourth-order valence-corrected chi connectivity index (χ4v) is 2.80. The molecular weight excluding hydrogens is 342 g/mol. The zero-order valence-corrected chi connectivity index (χ0v) is 15.1. The van der Waals surface area contributed by atoms with Crippen molar-refractivity contribution in [3.63, 3.8) is 0 Å². The Balaban J connectivity index is 1.92. The molecule has 0 saturated heterocycles. The Bertz CT molecular complexity index is 1010. The molecule has 3 rings (SSSR count). The molecule has 0 saturated carbocycles.